The lowest BCUT2D eigenvalue weighted by atomic mass is 9.95. The van der Waals surface area contributed by atoms with Crippen LogP contribution in [-0.2, 0) is 0 Å². The van der Waals surface area contributed by atoms with Crippen LogP contribution in [0.3, 0.4) is 0 Å². The monoisotopic (exact) mass is 390 g/mol. The highest BCUT2D eigenvalue weighted by atomic mass is 79.9. The predicted molar refractivity (Wildman–Crippen MR) is 99.0 cm³/mol. The molecule has 2 N–H and O–H groups in total. The van der Waals surface area contributed by atoms with Gasteiger partial charge in [0.1, 0.15) is 5.82 Å². The van der Waals surface area contributed by atoms with Crippen LogP contribution in [0.2, 0.25) is 0 Å². The van der Waals surface area contributed by atoms with Crippen molar-refractivity contribution < 1.29 is 9.18 Å². The lowest BCUT2D eigenvalue weighted by molar-refractivity contribution is 0.102. The van der Waals surface area contributed by atoms with Crippen molar-refractivity contribution in [3.05, 3.63) is 58.3 Å². The molecular weight excluding hydrogens is 371 g/mol. The number of benzene rings is 2. The summed E-state index contributed by atoms with van der Waals surface area (Å²) in [6.45, 7) is 0. The molecule has 0 unspecified atom stereocenters. The Hall–Kier alpha value is -1.88. The first kappa shape index (κ1) is 17.0. The molecule has 0 heterocycles. The lowest BCUT2D eigenvalue weighted by Crippen LogP contribution is -2.22. The number of hydrogen-bond acceptors (Lipinski definition) is 2. The zero-order valence-electron chi connectivity index (χ0n) is 13.3. The number of anilines is 2. The fourth-order valence-electron chi connectivity index (χ4n) is 3.00. The molecule has 2 aromatic carbocycles. The van der Waals surface area contributed by atoms with Crippen LogP contribution in [0, 0.1) is 5.82 Å². The van der Waals surface area contributed by atoms with Gasteiger partial charge in [0.15, 0.2) is 0 Å². The molecule has 1 saturated carbocycles. The van der Waals surface area contributed by atoms with Crippen molar-refractivity contribution in [1.29, 1.82) is 0 Å². The van der Waals surface area contributed by atoms with E-state index in [2.05, 4.69) is 26.6 Å². The minimum absolute atomic E-state index is 0.277. The van der Waals surface area contributed by atoms with Crippen LogP contribution in [0.1, 0.15) is 42.5 Å². The summed E-state index contributed by atoms with van der Waals surface area (Å²) in [5.74, 6) is -0.773. The Morgan fingerprint density at radius 2 is 1.67 bits per heavy atom. The molecule has 1 fully saturated rings. The normalized spacial score (nSPS) is 15.1. The van der Waals surface area contributed by atoms with Crippen LogP contribution in [0.25, 0.3) is 0 Å². The van der Waals surface area contributed by atoms with Gasteiger partial charge in [0.2, 0.25) is 0 Å². The summed E-state index contributed by atoms with van der Waals surface area (Å²) in [4.78, 5) is 12.3. The minimum atomic E-state index is -0.435. The third-order valence-corrected chi connectivity index (χ3v) is 4.98. The Bertz CT molecular complexity index is 712. The van der Waals surface area contributed by atoms with Crippen molar-refractivity contribution in [3.63, 3.8) is 0 Å². The van der Waals surface area contributed by atoms with Gasteiger partial charge in [-0.15, -0.1) is 0 Å². The Labute approximate surface area is 149 Å². The average molecular weight is 391 g/mol. The van der Waals surface area contributed by atoms with Gasteiger partial charge in [0.25, 0.3) is 5.91 Å². The molecule has 1 amide bonds. The zero-order valence-corrected chi connectivity index (χ0v) is 14.9. The van der Waals surface area contributed by atoms with E-state index in [1.165, 1.54) is 50.3 Å². The highest BCUT2D eigenvalue weighted by Gasteiger charge is 2.14. The molecule has 0 spiro atoms. The van der Waals surface area contributed by atoms with Crippen molar-refractivity contribution in [2.75, 3.05) is 10.6 Å². The largest absolute Gasteiger partial charge is 0.382 e. The number of amides is 1. The molecule has 5 heteroatoms. The molecule has 0 saturated heterocycles. The molecule has 0 aromatic heterocycles. The highest BCUT2D eigenvalue weighted by molar-refractivity contribution is 9.10. The zero-order chi connectivity index (χ0) is 16.9. The Kier molecular flexibility index (Phi) is 5.51. The van der Waals surface area contributed by atoms with E-state index in [0.717, 1.165) is 5.69 Å². The van der Waals surface area contributed by atoms with Crippen molar-refractivity contribution in [1.82, 2.24) is 0 Å². The predicted octanol–water partition coefficient (Wildman–Crippen LogP) is 5.59. The molecule has 3 rings (SSSR count). The van der Waals surface area contributed by atoms with Gasteiger partial charge in [0.05, 0.1) is 5.56 Å². The number of nitrogens with one attached hydrogen (secondary N) is 2. The maximum Gasteiger partial charge on any atom is 0.256 e. The number of halogens is 2. The van der Waals surface area contributed by atoms with Gasteiger partial charge >= 0.3 is 0 Å². The van der Waals surface area contributed by atoms with Crippen LogP contribution in [0.4, 0.5) is 15.8 Å². The molecule has 3 nitrogen and oxygen atoms in total. The molecule has 0 bridgehead atoms. The molecular formula is C19H20BrFN2O. The van der Waals surface area contributed by atoms with Crippen LogP contribution < -0.4 is 10.6 Å². The van der Waals surface area contributed by atoms with E-state index in [0.29, 0.717) is 16.2 Å². The Morgan fingerprint density at radius 1 is 1.00 bits per heavy atom. The Balaban J connectivity index is 1.63. The molecule has 0 radical (unpaired) electrons. The first-order chi connectivity index (χ1) is 11.6. The quantitative estimate of drug-likeness (QED) is 0.714. The van der Waals surface area contributed by atoms with Gasteiger partial charge in [-0.25, -0.2) is 4.39 Å². The molecule has 0 atom stereocenters. The van der Waals surface area contributed by atoms with Gasteiger partial charge in [-0.3, -0.25) is 4.79 Å². The number of rotatable bonds is 4. The molecule has 24 heavy (non-hydrogen) atoms. The highest BCUT2D eigenvalue weighted by Crippen LogP contribution is 2.23. The van der Waals surface area contributed by atoms with E-state index in [4.69, 9.17) is 0 Å². The van der Waals surface area contributed by atoms with Gasteiger partial charge in [-0.05, 0) is 71.2 Å². The maximum absolute atomic E-state index is 13.3. The fourth-order valence-corrected chi connectivity index (χ4v) is 3.43. The van der Waals surface area contributed by atoms with Crippen molar-refractivity contribution in [3.8, 4) is 0 Å². The van der Waals surface area contributed by atoms with Gasteiger partial charge in [-0.1, -0.05) is 19.3 Å². The standard InChI is InChI=1S/C19H20BrFN2O/c20-18-11-6-13(21)12-17(18)19(24)23-16-9-7-15(8-10-16)22-14-4-2-1-3-5-14/h6-12,14,22H,1-5H2,(H,23,24). The molecule has 2 aromatic rings. The first-order valence-corrected chi connectivity index (χ1v) is 9.04. The number of hydrogen-bond donors (Lipinski definition) is 2. The first-order valence-electron chi connectivity index (χ1n) is 8.25. The Morgan fingerprint density at radius 3 is 2.38 bits per heavy atom. The smallest absolute Gasteiger partial charge is 0.256 e. The summed E-state index contributed by atoms with van der Waals surface area (Å²) in [6, 6.07) is 12.2. The van der Waals surface area contributed by atoms with Crippen molar-refractivity contribution in [2.45, 2.75) is 38.1 Å². The summed E-state index contributed by atoms with van der Waals surface area (Å²) < 4.78 is 13.9. The van der Waals surface area contributed by atoms with E-state index in [1.54, 1.807) is 0 Å². The van der Waals surface area contributed by atoms with Gasteiger partial charge in [-0.2, -0.15) is 0 Å². The molecule has 126 valence electrons. The molecule has 0 aliphatic heterocycles. The van der Waals surface area contributed by atoms with Crippen molar-refractivity contribution >= 4 is 33.2 Å². The maximum atomic E-state index is 13.3. The van der Waals surface area contributed by atoms with Crippen LogP contribution in [-0.4, -0.2) is 11.9 Å². The second-order valence-corrected chi connectivity index (χ2v) is 6.99. The summed E-state index contributed by atoms with van der Waals surface area (Å²) in [6.07, 6.45) is 6.33. The van der Waals surface area contributed by atoms with Crippen LogP contribution >= 0.6 is 15.9 Å². The minimum Gasteiger partial charge on any atom is -0.382 e. The topological polar surface area (TPSA) is 41.1 Å². The molecule has 1 aliphatic carbocycles. The van der Waals surface area contributed by atoms with E-state index in [1.807, 2.05) is 24.3 Å². The SMILES string of the molecule is O=C(Nc1ccc(NC2CCCCC2)cc1)c1cc(F)ccc1Br. The third-order valence-electron chi connectivity index (χ3n) is 4.29. The summed E-state index contributed by atoms with van der Waals surface area (Å²) >= 11 is 3.27. The van der Waals surface area contributed by atoms with E-state index >= 15 is 0 Å². The summed E-state index contributed by atoms with van der Waals surface area (Å²) in [7, 11) is 0. The van der Waals surface area contributed by atoms with E-state index in [9.17, 15) is 9.18 Å². The second kappa shape index (κ2) is 7.79. The van der Waals surface area contributed by atoms with Crippen LogP contribution in [0.5, 0.6) is 0 Å². The number of carbonyl (C=O) groups excluding carboxylic acids is 1. The summed E-state index contributed by atoms with van der Waals surface area (Å²) in [5.41, 5.74) is 2.02. The van der Waals surface area contributed by atoms with E-state index in [-0.39, 0.29) is 11.5 Å². The van der Waals surface area contributed by atoms with Crippen LogP contribution in [0.15, 0.2) is 46.9 Å². The van der Waals surface area contributed by atoms with E-state index < -0.39 is 5.82 Å². The average Bonchev–Trinajstić information content (AvgIpc) is 2.59. The third kappa shape index (κ3) is 4.35. The molecule has 1 aliphatic rings. The van der Waals surface area contributed by atoms with Gasteiger partial charge < -0.3 is 10.6 Å². The second-order valence-electron chi connectivity index (χ2n) is 6.13. The van der Waals surface area contributed by atoms with Crippen molar-refractivity contribution in [2.24, 2.45) is 0 Å². The lowest BCUT2D eigenvalue weighted by Gasteiger charge is -2.23. The van der Waals surface area contributed by atoms with Gasteiger partial charge in [0, 0.05) is 21.9 Å². The summed E-state index contributed by atoms with van der Waals surface area (Å²) in [5, 5.41) is 6.33. The fraction of sp³-hybridized carbons (Fsp3) is 0.316. The number of carbonyl (C=O) groups is 1.